The Hall–Kier alpha value is -0.730. The molecule has 2 saturated carbocycles. The van der Waals surface area contributed by atoms with Crippen LogP contribution in [-0.2, 0) is 0 Å². The Morgan fingerprint density at radius 2 is 1.70 bits per heavy atom. The minimum atomic E-state index is 0.597. The number of halogens is 1. The molecular weight excluding hydrogens is 306 g/mol. The van der Waals surface area contributed by atoms with Crippen molar-refractivity contribution < 1.29 is 4.74 Å². The smallest absolute Gasteiger partial charge is 0.122 e. The molecule has 0 N–H and O–H groups in total. The minimum Gasteiger partial charge on any atom is -0.496 e. The Morgan fingerprint density at radius 1 is 1.00 bits per heavy atom. The van der Waals surface area contributed by atoms with Crippen LogP contribution in [0.2, 0.25) is 5.02 Å². The summed E-state index contributed by atoms with van der Waals surface area (Å²) in [6, 6.07) is 6.92. The van der Waals surface area contributed by atoms with E-state index in [2.05, 4.69) is 11.0 Å². The van der Waals surface area contributed by atoms with Gasteiger partial charge in [-0.3, -0.25) is 0 Å². The fourth-order valence-corrected chi connectivity index (χ4v) is 5.55. The van der Waals surface area contributed by atoms with Gasteiger partial charge in [0.25, 0.3) is 0 Å². The lowest BCUT2D eigenvalue weighted by molar-refractivity contribution is 0.0980. The molecule has 3 aliphatic rings. The summed E-state index contributed by atoms with van der Waals surface area (Å²) in [4.78, 5) is 2.79. The van der Waals surface area contributed by atoms with Gasteiger partial charge in [0.15, 0.2) is 0 Å². The van der Waals surface area contributed by atoms with E-state index in [1.54, 1.807) is 7.11 Å². The van der Waals surface area contributed by atoms with Crippen LogP contribution in [0.3, 0.4) is 0 Å². The molecule has 0 amide bonds. The average molecular weight is 334 g/mol. The van der Waals surface area contributed by atoms with E-state index in [0.29, 0.717) is 5.92 Å². The molecular formula is C20H28ClNO. The summed E-state index contributed by atoms with van der Waals surface area (Å²) in [6.07, 6.45) is 9.91. The van der Waals surface area contributed by atoms with Gasteiger partial charge >= 0.3 is 0 Å². The average Bonchev–Trinajstić information content (AvgIpc) is 2.93. The van der Waals surface area contributed by atoms with Crippen LogP contribution in [0.1, 0.15) is 56.4 Å². The number of ether oxygens (including phenoxy) is 1. The number of likely N-dealkylation sites (tertiary alicyclic amines) is 1. The van der Waals surface area contributed by atoms with Crippen LogP contribution in [-0.4, -0.2) is 31.1 Å². The number of hydrogen-bond acceptors (Lipinski definition) is 2. The molecule has 1 aromatic carbocycles. The minimum absolute atomic E-state index is 0.597. The number of fused-ring (bicyclic) bond motifs is 2. The third-order valence-electron chi connectivity index (χ3n) is 6.54. The van der Waals surface area contributed by atoms with Crippen molar-refractivity contribution in [1.82, 2.24) is 4.90 Å². The van der Waals surface area contributed by atoms with Crippen molar-refractivity contribution in [3.05, 3.63) is 28.8 Å². The molecule has 1 aliphatic heterocycles. The van der Waals surface area contributed by atoms with Gasteiger partial charge < -0.3 is 9.64 Å². The van der Waals surface area contributed by atoms with E-state index < -0.39 is 0 Å². The highest BCUT2D eigenvalue weighted by Gasteiger charge is 2.37. The SMILES string of the molecule is COc1ccc(Cl)cc1C1CCN(C2CC3CCC(C3)C2)CC1. The number of benzene rings is 1. The van der Waals surface area contributed by atoms with Crippen molar-refractivity contribution in [2.24, 2.45) is 11.8 Å². The molecule has 4 rings (SSSR count). The second-order valence-electron chi connectivity index (χ2n) is 7.87. The summed E-state index contributed by atoms with van der Waals surface area (Å²) in [6.45, 7) is 2.48. The van der Waals surface area contributed by atoms with Gasteiger partial charge in [-0.15, -0.1) is 0 Å². The van der Waals surface area contributed by atoms with E-state index in [0.717, 1.165) is 28.6 Å². The summed E-state index contributed by atoms with van der Waals surface area (Å²) in [7, 11) is 1.76. The molecule has 3 fully saturated rings. The molecule has 2 nitrogen and oxygen atoms in total. The molecule has 0 spiro atoms. The highest BCUT2D eigenvalue weighted by molar-refractivity contribution is 6.30. The van der Waals surface area contributed by atoms with Gasteiger partial charge in [-0.2, -0.15) is 0 Å². The predicted molar refractivity (Wildman–Crippen MR) is 95.4 cm³/mol. The van der Waals surface area contributed by atoms with Crippen LogP contribution in [0.5, 0.6) is 5.75 Å². The number of piperidine rings is 1. The standard InChI is InChI=1S/C20H28ClNO/c1-23-20-5-4-17(21)13-19(20)16-6-8-22(9-7-16)18-11-14-2-3-15(10-14)12-18/h4-5,13-16,18H,2-3,6-12H2,1H3. The summed E-state index contributed by atoms with van der Waals surface area (Å²) in [5, 5.41) is 0.826. The first-order valence-corrected chi connectivity index (χ1v) is 9.68. The first-order chi connectivity index (χ1) is 11.2. The Morgan fingerprint density at radius 3 is 2.35 bits per heavy atom. The highest BCUT2D eigenvalue weighted by Crippen LogP contribution is 2.45. The summed E-state index contributed by atoms with van der Waals surface area (Å²) >= 11 is 6.22. The first-order valence-electron chi connectivity index (χ1n) is 9.30. The van der Waals surface area contributed by atoms with Crippen LogP contribution in [0.25, 0.3) is 0 Å². The second kappa shape index (κ2) is 6.64. The lowest BCUT2D eigenvalue weighted by atomic mass is 9.82. The van der Waals surface area contributed by atoms with Crippen LogP contribution >= 0.6 is 11.6 Å². The Kier molecular flexibility index (Phi) is 4.56. The van der Waals surface area contributed by atoms with E-state index in [1.807, 2.05) is 12.1 Å². The van der Waals surface area contributed by atoms with Crippen molar-refractivity contribution in [1.29, 1.82) is 0 Å². The van der Waals surface area contributed by atoms with Gasteiger partial charge in [0.05, 0.1) is 7.11 Å². The maximum absolute atomic E-state index is 6.22. The van der Waals surface area contributed by atoms with Gasteiger partial charge in [-0.1, -0.05) is 24.4 Å². The third kappa shape index (κ3) is 3.25. The molecule has 3 heteroatoms. The fraction of sp³-hybridized carbons (Fsp3) is 0.700. The topological polar surface area (TPSA) is 12.5 Å². The molecule has 126 valence electrons. The zero-order valence-electron chi connectivity index (χ0n) is 14.1. The van der Waals surface area contributed by atoms with Gasteiger partial charge in [-0.25, -0.2) is 0 Å². The summed E-state index contributed by atoms with van der Waals surface area (Å²) in [5.74, 6) is 3.66. The Balaban J connectivity index is 1.40. The van der Waals surface area contributed by atoms with Crippen molar-refractivity contribution in [2.45, 2.75) is 56.9 Å². The van der Waals surface area contributed by atoms with E-state index in [1.165, 1.54) is 63.6 Å². The van der Waals surface area contributed by atoms with Gasteiger partial charge in [0.1, 0.15) is 5.75 Å². The van der Waals surface area contributed by atoms with Crippen molar-refractivity contribution >= 4 is 11.6 Å². The maximum atomic E-state index is 6.22. The summed E-state index contributed by atoms with van der Waals surface area (Å²) < 4.78 is 5.56. The van der Waals surface area contributed by atoms with Crippen molar-refractivity contribution in [3.8, 4) is 5.75 Å². The van der Waals surface area contributed by atoms with Crippen LogP contribution in [0.15, 0.2) is 18.2 Å². The zero-order valence-corrected chi connectivity index (χ0v) is 14.9. The monoisotopic (exact) mass is 333 g/mol. The summed E-state index contributed by atoms with van der Waals surface area (Å²) in [5.41, 5.74) is 1.31. The molecule has 1 heterocycles. The maximum Gasteiger partial charge on any atom is 0.122 e. The molecule has 2 unspecified atom stereocenters. The quantitative estimate of drug-likeness (QED) is 0.762. The van der Waals surface area contributed by atoms with E-state index in [4.69, 9.17) is 16.3 Å². The zero-order chi connectivity index (χ0) is 15.8. The molecule has 2 aliphatic carbocycles. The van der Waals surface area contributed by atoms with Gasteiger partial charge in [-0.05, 0) is 86.7 Å². The molecule has 0 radical (unpaired) electrons. The second-order valence-corrected chi connectivity index (χ2v) is 8.30. The lowest BCUT2D eigenvalue weighted by Crippen LogP contribution is -2.43. The van der Waals surface area contributed by atoms with E-state index >= 15 is 0 Å². The molecule has 1 saturated heterocycles. The normalized spacial score (nSPS) is 32.2. The Bertz CT molecular complexity index is 541. The van der Waals surface area contributed by atoms with Crippen LogP contribution in [0, 0.1) is 11.8 Å². The third-order valence-corrected chi connectivity index (χ3v) is 6.77. The van der Waals surface area contributed by atoms with E-state index in [9.17, 15) is 0 Å². The lowest BCUT2D eigenvalue weighted by Gasteiger charge is -2.41. The molecule has 0 aromatic heterocycles. The van der Waals surface area contributed by atoms with Crippen LogP contribution < -0.4 is 4.74 Å². The molecule has 1 aromatic rings. The van der Waals surface area contributed by atoms with Crippen molar-refractivity contribution in [2.75, 3.05) is 20.2 Å². The first kappa shape index (κ1) is 15.8. The van der Waals surface area contributed by atoms with Crippen molar-refractivity contribution in [3.63, 3.8) is 0 Å². The number of hydrogen-bond donors (Lipinski definition) is 0. The van der Waals surface area contributed by atoms with Crippen LogP contribution in [0.4, 0.5) is 0 Å². The van der Waals surface area contributed by atoms with E-state index in [-0.39, 0.29) is 0 Å². The van der Waals surface area contributed by atoms with Gasteiger partial charge in [0, 0.05) is 11.1 Å². The largest absolute Gasteiger partial charge is 0.496 e. The predicted octanol–water partition coefficient (Wildman–Crippen LogP) is 5.11. The van der Waals surface area contributed by atoms with Gasteiger partial charge in [0.2, 0.25) is 0 Å². The highest BCUT2D eigenvalue weighted by atomic mass is 35.5. The molecule has 23 heavy (non-hydrogen) atoms. The number of methoxy groups -OCH3 is 1. The fourth-order valence-electron chi connectivity index (χ4n) is 5.37. The Labute approximate surface area is 145 Å². The molecule has 2 atom stereocenters. The molecule has 2 bridgehead atoms. The number of rotatable bonds is 3. The number of nitrogens with zero attached hydrogens (tertiary/aromatic N) is 1.